The van der Waals surface area contributed by atoms with Crippen LogP contribution in [0.15, 0.2) is 76.6 Å². The molecular weight excluding hydrogens is 358 g/mol. The van der Waals surface area contributed by atoms with Gasteiger partial charge < -0.3 is 9.88 Å². The van der Waals surface area contributed by atoms with Gasteiger partial charge in [-0.1, -0.05) is 48.5 Å². The summed E-state index contributed by atoms with van der Waals surface area (Å²) in [5.74, 6) is 0.851. The van der Waals surface area contributed by atoms with E-state index in [1.807, 2.05) is 60.7 Å². The van der Waals surface area contributed by atoms with Crippen LogP contribution in [-0.2, 0) is 5.75 Å². The molecule has 1 saturated heterocycles. The lowest BCUT2D eigenvalue weighted by molar-refractivity contribution is 0.0458. The molecule has 2 heterocycles. The maximum Gasteiger partial charge on any atom is 0.263 e. The number of nitrogens with zero attached hydrogens (tertiary/aromatic N) is 2. The predicted molar refractivity (Wildman–Crippen MR) is 106 cm³/mol. The Labute approximate surface area is 161 Å². The highest BCUT2D eigenvalue weighted by atomic mass is 32.2. The van der Waals surface area contributed by atoms with E-state index in [0.29, 0.717) is 18.1 Å². The fourth-order valence-corrected chi connectivity index (χ4v) is 3.93. The highest BCUT2D eigenvalue weighted by Crippen LogP contribution is 2.33. The number of carbonyl (C=O) groups is 1. The quantitative estimate of drug-likeness (QED) is 0.689. The molecule has 0 saturated carbocycles. The van der Waals surface area contributed by atoms with E-state index in [0.717, 1.165) is 16.9 Å². The van der Waals surface area contributed by atoms with Crippen LogP contribution in [0.2, 0.25) is 0 Å². The molecule has 1 aromatic heterocycles. The average molecular weight is 377 g/mol. The summed E-state index contributed by atoms with van der Waals surface area (Å²) < 4.78 is 0. The van der Waals surface area contributed by atoms with Crippen LogP contribution in [0.4, 0.5) is 0 Å². The number of likely N-dealkylation sites (tertiary alicyclic amines) is 1. The first-order valence-corrected chi connectivity index (χ1v) is 9.83. The minimum Gasteiger partial charge on any atom is -0.331 e. The maximum absolute atomic E-state index is 12.8. The van der Waals surface area contributed by atoms with Crippen molar-refractivity contribution in [2.45, 2.75) is 23.1 Å². The lowest BCUT2D eigenvalue weighted by Gasteiger charge is -2.41. The van der Waals surface area contributed by atoms with E-state index in [1.54, 1.807) is 16.7 Å². The van der Waals surface area contributed by atoms with Gasteiger partial charge >= 0.3 is 0 Å². The normalized spacial score (nSPS) is 16.0. The van der Waals surface area contributed by atoms with Gasteiger partial charge in [0.1, 0.15) is 11.4 Å². The summed E-state index contributed by atoms with van der Waals surface area (Å²) in [6, 6.07) is 19.8. The molecule has 4 rings (SSSR count). The number of thioether (sulfide) groups is 1. The molecule has 1 amide bonds. The first-order valence-electron chi connectivity index (χ1n) is 8.84. The van der Waals surface area contributed by atoms with Crippen LogP contribution < -0.4 is 5.56 Å². The van der Waals surface area contributed by atoms with Crippen LogP contribution in [0, 0.1) is 0 Å². The third-order valence-corrected chi connectivity index (χ3v) is 5.69. The van der Waals surface area contributed by atoms with Crippen LogP contribution in [0.3, 0.4) is 0 Å². The fourth-order valence-electron chi connectivity index (χ4n) is 3.13. The number of nitrogens with one attached hydrogen (secondary N) is 1. The summed E-state index contributed by atoms with van der Waals surface area (Å²) >= 11 is 1.59. The van der Waals surface area contributed by atoms with E-state index in [2.05, 4.69) is 9.97 Å². The third kappa shape index (κ3) is 3.80. The van der Waals surface area contributed by atoms with Crippen molar-refractivity contribution in [1.82, 2.24) is 14.9 Å². The van der Waals surface area contributed by atoms with E-state index in [-0.39, 0.29) is 23.1 Å². The molecule has 136 valence electrons. The number of benzene rings is 2. The van der Waals surface area contributed by atoms with Crippen molar-refractivity contribution in [2.75, 3.05) is 6.54 Å². The van der Waals surface area contributed by atoms with E-state index in [9.17, 15) is 9.59 Å². The van der Waals surface area contributed by atoms with Crippen molar-refractivity contribution >= 4 is 17.7 Å². The number of carbonyl (C=O) groups excluding carboxylic acids is 1. The number of H-pyrrole nitrogens is 1. The summed E-state index contributed by atoms with van der Waals surface area (Å²) in [5.41, 5.74) is 0.818. The molecule has 6 heteroatoms. The molecule has 0 bridgehead atoms. The van der Waals surface area contributed by atoms with Gasteiger partial charge in [0.2, 0.25) is 0 Å². The number of aromatic nitrogens is 2. The molecule has 1 atom stereocenters. The molecule has 3 aromatic rings. The van der Waals surface area contributed by atoms with Gasteiger partial charge in [-0.25, -0.2) is 4.98 Å². The fraction of sp³-hybridized carbons (Fsp3) is 0.190. The lowest BCUT2D eigenvalue weighted by Crippen LogP contribution is -2.46. The zero-order chi connectivity index (χ0) is 18.6. The Morgan fingerprint density at radius 1 is 1.11 bits per heavy atom. The first-order chi connectivity index (χ1) is 13.2. The molecule has 2 aromatic carbocycles. The zero-order valence-electron chi connectivity index (χ0n) is 14.7. The Hall–Kier alpha value is -2.86. The van der Waals surface area contributed by atoms with Gasteiger partial charge in [-0.15, -0.1) is 11.8 Å². The smallest absolute Gasteiger partial charge is 0.263 e. The van der Waals surface area contributed by atoms with Crippen molar-refractivity contribution in [3.63, 3.8) is 0 Å². The van der Waals surface area contributed by atoms with Gasteiger partial charge in [-0.2, -0.15) is 0 Å². The Bertz CT molecular complexity index is 989. The summed E-state index contributed by atoms with van der Waals surface area (Å²) in [6.45, 7) is 0.656. The maximum atomic E-state index is 12.8. The second kappa shape index (κ2) is 7.80. The zero-order valence-corrected chi connectivity index (χ0v) is 15.5. The van der Waals surface area contributed by atoms with Crippen molar-refractivity contribution < 1.29 is 4.79 Å². The van der Waals surface area contributed by atoms with Crippen LogP contribution in [0.1, 0.15) is 34.2 Å². The van der Waals surface area contributed by atoms with Gasteiger partial charge in [0.25, 0.3) is 11.5 Å². The van der Waals surface area contributed by atoms with E-state index < -0.39 is 0 Å². The predicted octanol–water partition coefficient (Wildman–Crippen LogP) is 3.65. The molecule has 5 nitrogen and oxygen atoms in total. The summed E-state index contributed by atoms with van der Waals surface area (Å²) in [6.07, 6.45) is 2.31. The van der Waals surface area contributed by atoms with E-state index in [1.165, 1.54) is 6.20 Å². The molecule has 1 aliphatic rings. The second-order valence-electron chi connectivity index (χ2n) is 6.39. The minimum atomic E-state index is -0.377. The SMILES string of the molecule is O=C(c1cnc(CSc2ccccc2)[nH]c1=O)N1CCC1c1ccccc1. The van der Waals surface area contributed by atoms with Crippen LogP contribution in [0.5, 0.6) is 0 Å². The van der Waals surface area contributed by atoms with Crippen molar-refractivity contribution in [1.29, 1.82) is 0 Å². The molecule has 0 spiro atoms. The molecule has 27 heavy (non-hydrogen) atoms. The van der Waals surface area contributed by atoms with Gasteiger partial charge in [-0.05, 0) is 24.1 Å². The van der Waals surface area contributed by atoms with Crippen LogP contribution in [-0.4, -0.2) is 27.3 Å². The molecule has 1 fully saturated rings. The summed E-state index contributed by atoms with van der Waals surface area (Å²) in [7, 11) is 0. The molecule has 0 aliphatic carbocycles. The molecule has 0 radical (unpaired) electrons. The van der Waals surface area contributed by atoms with Crippen molar-refractivity contribution in [2.24, 2.45) is 0 Å². The topological polar surface area (TPSA) is 66.1 Å². The Morgan fingerprint density at radius 3 is 2.44 bits per heavy atom. The van der Waals surface area contributed by atoms with Gasteiger partial charge in [0, 0.05) is 17.6 Å². The number of amides is 1. The first kappa shape index (κ1) is 17.5. The average Bonchev–Trinajstić information content (AvgIpc) is 2.67. The van der Waals surface area contributed by atoms with Gasteiger partial charge in [-0.3, -0.25) is 9.59 Å². The largest absolute Gasteiger partial charge is 0.331 e. The molecule has 1 N–H and O–H groups in total. The molecular formula is C21H19N3O2S. The summed E-state index contributed by atoms with van der Waals surface area (Å²) in [4.78, 5) is 35.1. The standard InChI is InChI=1S/C21H19N3O2S/c25-20-17(13-22-19(23-20)14-27-16-9-5-2-6-10-16)21(26)24-12-11-18(24)15-7-3-1-4-8-15/h1-10,13,18H,11-12,14H2,(H,22,23,25). The number of rotatable bonds is 5. The van der Waals surface area contributed by atoms with Crippen LogP contribution in [0.25, 0.3) is 0 Å². The van der Waals surface area contributed by atoms with Crippen molar-refractivity contribution in [3.8, 4) is 0 Å². The number of aromatic amines is 1. The number of hydrogen-bond donors (Lipinski definition) is 1. The molecule has 1 aliphatic heterocycles. The Balaban J connectivity index is 1.46. The van der Waals surface area contributed by atoms with Crippen molar-refractivity contribution in [3.05, 3.63) is 94.2 Å². The highest BCUT2D eigenvalue weighted by molar-refractivity contribution is 7.98. The second-order valence-corrected chi connectivity index (χ2v) is 7.44. The summed E-state index contributed by atoms with van der Waals surface area (Å²) in [5, 5.41) is 0. The van der Waals surface area contributed by atoms with Gasteiger partial charge in [0.15, 0.2) is 0 Å². The Kier molecular flexibility index (Phi) is 5.07. The third-order valence-electron chi connectivity index (χ3n) is 4.67. The minimum absolute atomic E-state index is 0.0337. The molecule has 1 unspecified atom stereocenters. The number of hydrogen-bond acceptors (Lipinski definition) is 4. The Morgan fingerprint density at radius 2 is 1.81 bits per heavy atom. The lowest BCUT2D eigenvalue weighted by atomic mass is 9.94. The van der Waals surface area contributed by atoms with E-state index >= 15 is 0 Å². The van der Waals surface area contributed by atoms with E-state index in [4.69, 9.17) is 0 Å². The van der Waals surface area contributed by atoms with Crippen LogP contribution >= 0.6 is 11.8 Å². The highest BCUT2D eigenvalue weighted by Gasteiger charge is 2.34. The monoisotopic (exact) mass is 377 g/mol. The van der Waals surface area contributed by atoms with Gasteiger partial charge in [0.05, 0.1) is 11.8 Å².